The first-order valence-electron chi connectivity index (χ1n) is 11.5. The molecule has 1 aliphatic rings. The molecule has 0 bridgehead atoms. The van der Waals surface area contributed by atoms with Crippen LogP contribution in [0.4, 0.5) is 8.78 Å². The van der Waals surface area contributed by atoms with Gasteiger partial charge < -0.3 is 4.74 Å². The minimum absolute atomic E-state index is 0.131. The van der Waals surface area contributed by atoms with Crippen molar-refractivity contribution in [3.05, 3.63) is 90.5 Å². The van der Waals surface area contributed by atoms with Crippen molar-refractivity contribution in [3.63, 3.8) is 0 Å². The Morgan fingerprint density at radius 1 is 0.892 bits per heavy atom. The van der Waals surface area contributed by atoms with E-state index >= 15 is 8.78 Å². The molecule has 0 radical (unpaired) electrons. The van der Waals surface area contributed by atoms with E-state index in [9.17, 15) is 13.2 Å². The Bertz CT molecular complexity index is 1430. The summed E-state index contributed by atoms with van der Waals surface area (Å²) in [5, 5.41) is -4.50. The normalized spacial score (nSPS) is 15.4. The fourth-order valence-corrected chi connectivity index (χ4v) is 9.40. The topological polar surface area (TPSA) is 69.7 Å². The number of fused-ring (bicyclic) bond motifs is 3. The quantitative estimate of drug-likeness (QED) is 0.231. The molecule has 1 heterocycles. The Morgan fingerprint density at radius 2 is 1.38 bits per heavy atom. The van der Waals surface area contributed by atoms with Gasteiger partial charge in [0.1, 0.15) is 0 Å². The molecule has 1 aliphatic heterocycles. The van der Waals surface area contributed by atoms with E-state index in [2.05, 4.69) is 11.3 Å². The number of rotatable bonds is 7. The molecule has 37 heavy (non-hydrogen) atoms. The molecule has 0 aromatic heterocycles. The first-order chi connectivity index (χ1) is 17.2. The molecule has 4 rings (SSSR count). The SMILES string of the molecule is C=C(C)C(=O)OCC(F)(F)S(=O)(=O)OS1(c2ccc(C(C)(C)C)cc2)c2ccccc2-c2ccccc21. The third-order valence-electron chi connectivity index (χ3n) is 6.01. The number of carbonyl (C=O) groups excluding carboxylic acids is 1. The minimum Gasteiger partial charge on any atom is -0.455 e. The Hall–Kier alpha value is -3.01. The highest BCUT2D eigenvalue weighted by atomic mass is 32.3. The number of ether oxygens (including phenoxy) is 1. The monoisotopic (exact) mass is 546 g/mol. The van der Waals surface area contributed by atoms with Crippen molar-refractivity contribution >= 4 is 26.4 Å². The molecule has 0 spiro atoms. The zero-order valence-electron chi connectivity index (χ0n) is 21.0. The second-order valence-corrected chi connectivity index (χ2v) is 14.4. The highest BCUT2D eigenvalue weighted by Gasteiger charge is 2.54. The van der Waals surface area contributed by atoms with E-state index in [1.807, 2.05) is 45.0 Å². The molecule has 196 valence electrons. The van der Waals surface area contributed by atoms with Crippen LogP contribution >= 0.6 is 10.3 Å². The van der Waals surface area contributed by atoms with E-state index < -0.39 is 38.3 Å². The van der Waals surface area contributed by atoms with Crippen molar-refractivity contribution in [2.24, 2.45) is 0 Å². The zero-order valence-corrected chi connectivity index (χ0v) is 22.6. The molecule has 0 saturated heterocycles. The van der Waals surface area contributed by atoms with E-state index in [0.29, 0.717) is 25.8 Å². The lowest BCUT2D eigenvalue weighted by Gasteiger charge is -2.37. The molecular weight excluding hydrogens is 518 g/mol. The van der Waals surface area contributed by atoms with Crippen LogP contribution < -0.4 is 0 Å². The third kappa shape index (κ3) is 4.71. The van der Waals surface area contributed by atoms with Crippen LogP contribution in [0.1, 0.15) is 33.3 Å². The van der Waals surface area contributed by atoms with Gasteiger partial charge in [0, 0.05) is 20.3 Å². The average molecular weight is 547 g/mol. The molecule has 0 aliphatic carbocycles. The maximum atomic E-state index is 15.1. The Balaban J connectivity index is 1.91. The molecule has 3 aromatic carbocycles. The van der Waals surface area contributed by atoms with Crippen LogP contribution in [0.25, 0.3) is 11.1 Å². The summed E-state index contributed by atoms with van der Waals surface area (Å²) in [4.78, 5) is 13.2. The molecule has 0 unspecified atom stereocenters. The lowest BCUT2D eigenvalue weighted by atomic mass is 9.87. The van der Waals surface area contributed by atoms with Crippen molar-refractivity contribution in [2.75, 3.05) is 6.61 Å². The lowest BCUT2D eigenvalue weighted by molar-refractivity contribution is -0.144. The van der Waals surface area contributed by atoms with Crippen LogP contribution in [0, 0.1) is 0 Å². The predicted molar refractivity (Wildman–Crippen MR) is 140 cm³/mol. The van der Waals surface area contributed by atoms with Gasteiger partial charge in [-0.15, -0.1) is 0 Å². The highest BCUT2D eigenvalue weighted by molar-refractivity contribution is 8.33. The van der Waals surface area contributed by atoms with Crippen molar-refractivity contribution in [1.29, 1.82) is 0 Å². The largest absolute Gasteiger partial charge is 0.455 e. The molecule has 5 nitrogen and oxygen atoms in total. The summed E-state index contributed by atoms with van der Waals surface area (Å²) in [6, 6.07) is 21.3. The summed E-state index contributed by atoms with van der Waals surface area (Å²) in [5.74, 6) is -1.12. The van der Waals surface area contributed by atoms with Crippen LogP contribution in [-0.4, -0.2) is 26.2 Å². The number of alkyl halides is 2. The predicted octanol–water partition coefficient (Wildman–Crippen LogP) is 7.22. The van der Waals surface area contributed by atoms with Gasteiger partial charge in [-0.05, 0) is 63.6 Å². The van der Waals surface area contributed by atoms with Gasteiger partial charge in [-0.1, -0.05) is 75.9 Å². The van der Waals surface area contributed by atoms with Crippen LogP contribution in [0.5, 0.6) is 0 Å². The van der Waals surface area contributed by atoms with Gasteiger partial charge in [0.25, 0.3) is 0 Å². The standard InChI is InChI=1S/C28H28F2O5S2/c1-19(2)26(31)34-18-28(29,30)37(32,33)35-36(21-16-14-20(15-17-21)27(3,4)5)24-12-8-6-10-22(24)23-11-7-9-13-25(23)36/h6-17H,1,18H2,2-5H3. The maximum absolute atomic E-state index is 15.1. The average Bonchev–Trinajstić information content (AvgIpc) is 3.12. The summed E-state index contributed by atoms with van der Waals surface area (Å²) >= 11 is 0. The van der Waals surface area contributed by atoms with Gasteiger partial charge in [-0.25, -0.2) is 8.42 Å². The van der Waals surface area contributed by atoms with E-state index in [1.54, 1.807) is 48.5 Å². The lowest BCUT2D eigenvalue weighted by Crippen LogP contribution is -2.37. The first-order valence-corrected chi connectivity index (χ1v) is 14.5. The van der Waals surface area contributed by atoms with Crippen LogP contribution in [0.3, 0.4) is 0 Å². The summed E-state index contributed by atoms with van der Waals surface area (Å²) in [6.07, 6.45) is 0. The minimum atomic E-state index is -5.60. The van der Waals surface area contributed by atoms with Crippen LogP contribution in [-0.2, 0) is 28.7 Å². The van der Waals surface area contributed by atoms with Crippen LogP contribution in [0.2, 0.25) is 0 Å². The maximum Gasteiger partial charge on any atom is 0.403 e. The number of hydrogen-bond donors (Lipinski definition) is 0. The van der Waals surface area contributed by atoms with Crippen LogP contribution in [0.15, 0.2) is 99.6 Å². The van der Waals surface area contributed by atoms with Gasteiger partial charge in [0.05, 0.1) is 0 Å². The molecule has 0 N–H and O–H groups in total. The van der Waals surface area contributed by atoms with Crippen molar-refractivity contribution < 1.29 is 30.4 Å². The summed E-state index contributed by atoms with van der Waals surface area (Å²) in [6.45, 7) is 9.04. The molecule has 9 heteroatoms. The molecule has 0 atom stereocenters. The number of halogens is 2. The second-order valence-electron chi connectivity index (χ2n) is 9.84. The summed E-state index contributed by atoms with van der Waals surface area (Å²) < 4.78 is 67.0. The summed E-state index contributed by atoms with van der Waals surface area (Å²) in [5.41, 5.74) is 2.10. The van der Waals surface area contributed by atoms with Crippen molar-refractivity contribution in [1.82, 2.24) is 0 Å². The fourth-order valence-electron chi connectivity index (χ4n) is 4.04. The number of esters is 1. The van der Waals surface area contributed by atoms with Crippen molar-refractivity contribution in [2.45, 2.75) is 53.1 Å². The Kier molecular flexibility index (Phi) is 6.85. The van der Waals surface area contributed by atoms with E-state index in [0.717, 1.165) is 5.56 Å². The number of benzene rings is 3. The van der Waals surface area contributed by atoms with E-state index in [-0.39, 0.29) is 11.0 Å². The number of carbonyl (C=O) groups is 1. The fraction of sp³-hybridized carbons (Fsp3) is 0.250. The molecule has 0 amide bonds. The van der Waals surface area contributed by atoms with Gasteiger partial charge >= 0.3 is 21.3 Å². The second kappa shape index (κ2) is 9.38. The molecule has 3 aromatic rings. The molecular formula is C28H28F2O5S2. The number of hydrogen-bond acceptors (Lipinski definition) is 5. The summed E-state index contributed by atoms with van der Waals surface area (Å²) in [7, 11) is -8.74. The van der Waals surface area contributed by atoms with Gasteiger partial charge in [0.2, 0.25) is 0 Å². The molecule has 0 saturated carbocycles. The highest BCUT2D eigenvalue weighted by Crippen LogP contribution is 2.77. The molecule has 0 fully saturated rings. The Morgan fingerprint density at radius 3 is 1.84 bits per heavy atom. The van der Waals surface area contributed by atoms with Gasteiger partial charge in [0.15, 0.2) is 6.61 Å². The first kappa shape index (κ1) is 27.0. The van der Waals surface area contributed by atoms with Gasteiger partial charge in [-0.2, -0.15) is 17.2 Å². The van der Waals surface area contributed by atoms with E-state index in [4.69, 9.17) is 3.63 Å². The smallest absolute Gasteiger partial charge is 0.403 e. The van der Waals surface area contributed by atoms with Gasteiger partial charge in [-0.3, -0.25) is 0 Å². The third-order valence-corrected chi connectivity index (χ3v) is 11.3. The van der Waals surface area contributed by atoms with E-state index in [1.165, 1.54) is 6.92 Å². The van der Waals surface area contributed by atoms with Crippen molar-refractivity contribution in [3.8, 4) is 11.1 Å². The Labute approximate surface area is 217 Å². The zero-order chi connectivity index (χ0) is 27.2.